The zero-order valence-corrected chi connectivity index (χ0v) is 9.49. The van der Waals surface area contributed by atoms with Crippen molar-refractivity contribution in [1.29, 1.82) is 0 Å². The van der Waals surface area contributed by atoms with Gasteiger partial charge in [-0.15, -0.1) is 0 Å². The number of hydrogen-bond acceptors (Lipinski definition) is 2. The fourth-order valence-corrected chi connectivity index (χ4v) is 2.35. The summed E-state index contributed by atoms with van der Waals surface area (Å²) >= 11 is 0. The van der Waals surface area contributed by atoms with Crippen LogP contribution in [0.15, 0.2) is 18.2 Å². The summed E-state index contributed by atoms with van der Waals surface area (Å²) in [4.78, 5) is 13.6. The number of fused-ring (bicyclic) bond motifs is 1. The molecule has 0 spiro atoms. The molecule has 1 aromatic rings. The van der Waals surface area contributed by atoms with Gasteiger partial charge in [0.25, 0.3) is 5.91 Å². The first-order chi connectivity index (χ1) is 7.57. The number of carbonyl (C=O) groups is 1. The van der Waals surface area contributed by atoms with Crippen LogP contribution in [0.2, 0.25) is 0 Å². The third-order valence-corrected chi connectivity index (χ3v) is 3.61. The van der Waals surface area contributed by atoms with E-state index in [9.17, 15) is 4.79 Å². The van der Waals surface area contributed by atoms with E-state index in [1.165, 1.54) is 5.56 Å². The molecule has 0 saturated heterocycles. The smallest absolute Gasteiger partial charge is 0.254 e. The zero-order chi connectivity index (χ0) is 11.3. The molecule has 2 N–H and O–H groups in total. The minimum atomic E-state index is 0.0157. The van der Waals surface area contributed by atoms with Crippen LogP contribution in [0.5, 0.6) is 0 Å². The lowest BCUT2D eigenvalue weighted by Gasteiger charge is -2.09. The Kier molecular flexibility index (Phi) is 1.89. The lowest BCUT2D eigenvalue weighted by Crippen LogP contribution is -2.24. The molecule has 3 heteroatoms. The Morgan fingerprint density at radius 2 is 2.19 bits per heavy atom. The summed E-state index contributed by atoms with van der Waals surface area (Å²) in [5.41, 5.74) is 9.30. The summed E-state index contributed by atoms with van der Waals surface area (Å²) in [5, 5.41) is 0. The molecular formula is C13H16N2O. The third kappa shape index (κ3) is 1.52. The summed E-state index contributed by atoms with van der Waals surface area (Å²) in [6.45, 7) is 0.738. The monoisotopic (exact) mass is 216 g/mol. The van der Waals surface area contributed by atoms with E-state index in [-0.39, 0.29) is 11.4 Å². The van der Waals surface area contributed by atoms with Crippen molar-refractivity contribution in [3.05, 3.63) is 34.9 Å². The first kappa shape index (κ1) is 9.85. The average Bonchev–Trinajstić information content (AvgIpc) is 2.90. The molecule has 0 radical (unpaired) electrons. The van der Waals surface area contributed by atoms with E-state index >= 15 is 0 Å². The van der Waals surface area contributed by atoms with Crippen LogP contribution in [0, 0.1) is 0 Å². The second-order valence-electron chi connectivity index (χ2n) is 5.19. The van der Waals surface area contributed by atoms with E-state index in [4.69, 9.17) is 5.73 Å². The second kappa shape index (κ2) is 3.08. The maximum atomic E-state index is 11.8. The molecule has 2 aliphatic rings. The lowest BCUT2D eigenvalue weighted by atomic mass is 10.00. The fraction of sp³-hybridized carbons (Fsp3) is 0.462. The van der Waals surface area contributed by atoms with Gasteiger partial charge in [-0.25, -0.2) is 0 Å². The van der Waals surface area contributed by atoms with Gasteiger partial charge >= 0.3 is 0 Å². The Balaban J connectivity index is 1.91. The van der Waals surface area contributed by atoms with Crippen molar-refractivity contribution in [1.82, 2.24) is 4.90 Å². The molecule has 0 unspecified atom stereocenters. The molecule has 1 heterocycles. The highest BCUT2D eigenvalue weighted by Crippen LogP contribution is 2.36. The van der Waals surface area contributed by atoms with E-state index in [0.717, 1.165) is 36.9 Å². The minimum absolute atomic E-state index is 0.0157. The molecule has 0 atom stereocenters. The third-order valence-electron chi connectivity index (χ3n) is 3.61. The van der Waals surface area contributed by atoms with Crippen molar-refractivity contribution in [2.75, 3.05) is 7.05 Å². The molecule has 1 aliphatic heterocycles. The molecule has 0 bridgehead atoms. The molecule has 3 nitrogen and oxygen atoms in total. The molecule has 3 rings (SSSR count). The first-order valence-corrected chi connectivity index (χ1v) is 5.74. The van der Waals surface area contributed by atoms with Gasteiger partial charge in [-0.2, -0.15) is 0 Å². The van der Waals surface area contributed by atoms with Crippen molar-refractivity contribution >= 4 is 5.91 Å². The first-order valence-electron chi connectivity index (χ1n) is 5.74. The highest BCUT2D eigenvalue weighted by molar-refractivity contribution is 5.98. The van der Waals surface area contributed by atoms with Crippen LogP contribution in [-0.2, 0) is 13.0 Å². The van der Waals surface area contributed by atoms with Crippen molar-refractivity contribution in [2.45, 2.75) is 31.3 Å². The van der Waals surface area contributed by atoms with E-state index < -0.39 is 0 Å². The van der Waals surface area contributed by atoms with E-state index in [1.807, 2.05) is 13.1 Å². The maximum absolute atomic E-state index is 11.8. The average molecular weight is 216 g/mol. The molecule has 1 aromatic carbocycles. The summed E-state index contributed by atoms with van der Waals surface area (Å²) in [7, 11) is 1.84. The molecule has 1 aliphatic carbocycles. The van der Waals surface area contributed by atoms with E-state index in [0.29, 0.717) is 0 Å². The van der Waals surface area contributed by atoms with Crippen LogP contribution in [-0.4, -0.2) is 23.4 Å². The van der Waals surface area contributed by atoms with Crippen molar-refractivity contribution in [3.8, 4) is 0 Å². The molecule has 0 aromatic heterocycles. The molecule has 16 heavy (non-hydrogen) atoms. The molecular weight excluding hydrogens is 200 g/mol. The van der Waals surface area contributed by atoms with Crippen LogP contribution in [0.25, 0.3) is 0 Å². The number of nitrogens with zero attached hydrogens (tertiary/aromatic N) is 1. The minimum Gasteiger partial charge on any atom is -0.337 e. The largest absolute Gasteiger partial charge is 0.337 e. The number of carbonyl (C=O) groups excluding carboxylic acids is 1. The van der Waals surface area contributed by atoms with Crippen molar-refractivity contribution in [2.24, 2.45) is 5.73 Å². The molecule has 1 saturated carbocycles. The van der Waals surface area contributed by atoms with E-state index in [2.05, 4.69) is 12.1 Å². The number of amides is 1. The number of nitrogens with two attached hydrogens (primary N) is 1. The van der Waals surface area contributed by atoms with Crippen LogP contribution < -0.4 is 5.73 Å². The van der Waals surface area contributed by atoms with Crippen LogP contribution in [0.1, 0.15) is 34.3 Å². The Hall–Kier alpha value is -1.35. The van der Waals surface area contributed by atoms with Gasteiger partial charge in [0, 0.05) is 24.7 Å². The Bertz CT molecular complexity index is 463. The topological polar surface area (TPSA) is 46.3 Å². The molecule has 84 valence electrons. The van der Waals surface area contributed by atoms with Crippen LogP contribution in [0.4, 0.5) is 0 Å². The van der Waals surface area contributed by atoms with Gasteiger partial charge in [0.1, 0.15) is 0 Å². The summed E-state index contributed by atoms with van der Waals surface area (Å²) in [6, 6.07) is 6.20. The quantitative estimate of drug-likeness (QED) is 0.810. The van der Waals surface area contributed by atoms with Gasteiger partial charge in [-0.3, -0.25) is 4.79 Å². The fourth-order valence-electron chi connectivity index (χ4n) is 2.35. The van der Waals surface area contributed by atoms with E-state index in [1.54, 1.807) is 4.90 Å². The van der Waals surface area contributed by atoms with Gasteiger partial charge < -0.3 is 10.6 Å². The van der Waals surface area contributed by atoms with Gasteiger partial charge in [0.15, 0.2) is 0 Å². The van der Waals surface area contributed by atoms with Crippen LogP contribution >= 0.6 is 0 Å². The number of rotatable bonds is 2. The van der Waals surface area contributed by atoms with Crippen LogP contribution in [0.3, 0.4) is 0 Å². The molecule has 1 amide bonds. The predicted molar refractivity (Wildman–Crippen MR) is 62.1 cm³/mol. The van der Waals surface area contributed by atoms with Gasteiger partial charge in [-0.1, -0.05) is 12.1 Å². The summed E-state index contributed by atoms with van der Waals surface area (Å²) in [6.07, 6.45) is 3.12. The Morgan fingerprint density at radius 1 is 1.44 bits per heavy atom. The van der Waals surface area contributed by atoms with Gasteiger partial charge in [0.05, 0.1) is 0 Å². The Morgan fingerprint density at radius 3 is 2.88 bits per heavy atom. The van der Waals surface area contributed by atoms with Gasteiger partial charge in [-0.05, 0) is 36.5 Å². The number of benzene rings is 1. The lowest BCUT2D eigenvalue weighted by molar-refractivity contribution is 0.0816. The Labute approximate surface area is 95.2 Å². The predicted octanol–water partition coefficient (Wildman–Crippen LogP) is 1.31. The molecule has 1 fully saturated rings. The zero-order valence-electron chi connectivity index (χ0n) is 9.49. The number of hydrogen-bond donors (Lipinski definition) is 1. The summed E-state index contributed by atoms with van der Waals surface area (Å²) in [5.74, 6) is 0.138. The SMILES string of the molecule is CN1Cc2ccc(CC3(N)CC3)cc2C1=O. The maximum Gasteiger partial charge on any atom is 0.254 e. The van der Waals surface area contributed by atoms with Crippen molar-refractivity contribution < 1.29 is 4.79 Å². The normalized spacial score (nSPS) is 21.1. The summed E-state index contributed by atoms with van der Waals surface area (Å²) < 4.78 is 0. The second-order valence-corrected chi connectivity index (χ2v) is 5.19. The standard InChI is InChI=1S/C13H16N2O/c1-15-8-10-3-2-9(6-11(10)12(15)16)7-13(14)4-5-13/h2-3,6H,4-5,7-8,14H2,1H3. The van der Waals surface area contributed by atoms with Gasteiger partial charge in [0.2, 0.25) is 0 Å². The highest BCUT2D eigenvalue weighted by atomic mass is 16.2. The van der Waals surface area contributed by atoms with Crippen molar-refractivity contribution in [3.63, 3.8) is 0 Å². The highest BCUT2D eigenvalue weighted by Gasteiger charge is 2.38.